The van der Waals surface area contributed by atoms with Crippen LogP contribution < -0.4 is 10.6 Å². The van der Waals surface area contributed by atoms with Crippen LogP contribution in [0.1, 0.15) is 106 Å². The van der Waals surface area contributed by atoms with Crippen molar-refractivity contribution < 1.29 is 38.2 Å². The van der Waals surface area contributed by atoms with E-state index in [1.807, 2.05) is 126 Å². The second kappa shape index (κ2) is 25.1. The Morgan fingerprint density at radius 2 is 1.44 bits per heavy atom. The van der Waals surface area contributed by atoms with E-state index in [1.54, 1.807) is 46.9 Å². The molecule has 0 saturated carbocycles. The summed E-state index contributed by atoms with van der Waals surface area (Å²) in [5, 5.41) is 6.23. The highest BCUT2D eigenvalue weighted by Gasteiger charge is 2.43. The van der Waals surface area contributed by atoms with Gasteiger partial charge in [-0.05, 0) is 68.9 Å². The smallest absolute Gasteiger partial charge is 0.410 e. The number of carbonyl (C=O) groups is 5. The normalized spacial score (nSPS) is 18.1. The summed E-state index contributed by atoms with van der Waals surface area (Å²) in [4.78, 5) is 74.8. The van der Waals surface area contributed by atoms with Crippen LogP contribution in [0.4, 0.5) is 4.79 Å². The number of amides is 5. The Morgan fingerprint density at radius 1 is 0.828 bits per heavy atom. The summed E-state index contributed by atoms with van der Waals surface area (Å²) in [5.41, 5.74) is 1.37. The summed E-state index contributed by atoms with van der Waals surface area (Å²) in [7, 11) is 6.37. The number of likely N-dealkylation sites (N-methyl/N-ethyl adjacent to an activating group) is 2. The minimum absolute atomic E-state index is 0.00508. The molecule has 2 N–H and O–H groups in total. The first-order chi connectivity index (χ1) is 30.1. The molecule has 1 saturated heterocycles. The Bertz CT molecular complexity index is 1820. The van der Waals surface area contributed by atoms with Crippen molar-refractivity contribution in [2.75, 3.05) is 34.9 Å². The van der Waals surface area contributed by atoms with Crippen LogP contribution >= 0.6 is 0 Å². The molecular weight excluding hydrogens is 811 g/mol. The van der Waals surface area contributed by atoms with Crippen molar-refractivity contribution >= 4 is 35.8 Å². The lowest BCUT2D eigenvalue weighted by Crippen LogP contribution is -2.60. The van der Waals surface area contributed by atoms with Crippen LogP contribution in [0.25, 0.3) is 6.08 Å². The van der Waals surface area contributed by atoms with Gasteiger partial charge in [0.25, 0.3) is 0 Å². The molecule has 5 amide bonds. The molecule has 9 atom stereocenters. The highest BCUT2D eigenvalue weighted by Crippen LogP contribution is 2.30. The lowest BCUT2D eigenvalue weighted by atomic mass is 9.89. The number of hydrogen-bond donors (Lipinski definition) is 2. The molecule has 0 radical (unpaired) electrons. The van der Waals surface area contributed by atoms with E-state index >= 15 is 0 Å². The summed E-state index contributed by atoms with van der Waals surface area (Å²) in [6.45, 7) is 19.1. The number of hydrogen-bond acceptors (Lipinski definition) is 8. The van der Waals surface area contributed by atoms with Gasteiger partial charge in [-0.1, -0.05) is 128 Å². The van der Waals surface area contributed by atoms with Gasteiger partial charge in [-0.2, -0.15) is 0 Å². The number of ether oxygens (including phenoxy) is 3. The number of benzene rings is 2. The molecule has 13 nitrogen and oxygen atoms in total. The first-order valence-electron chi connectivity index (χ1n) is 23.1. The first kappa shape index (κ1) is 53.6. The number of rotatable bonds is 22. The van der Waals surface area contributed by atoms with Crippen molar-refractivity contribution in [1.29, 1.82) is 0 Å². The van der Waals surface area contributed by atoms with Gasteiger partial charge in [-0.25, -0.2) is 4.79 Å². The monoisotopic (exact) mass is 890 g/mol. The minimum atomic E-state index is -0.926. The van der Waals surface area contributed by atoms with Crippen LogP contribution in [0, 0.1) is 23.7 Å². The highest BCUT2D eigenvalue weighted by molar-refractivity contribution is 5.92. The van der Waals surface area contributed by atoms with E-state index in [0.29, 0.717) is 25.8 Å². The van der Waals surface area contributed by atoms with E-state index in [0.717, 1.165) is 17.5 Å². The predicted octanol–water partition coefficient (Wildman–Crippen LogP) is 7.38. The molecule has 0 unspecified atom stereocenters. The lowest BCUT2D eigenvalue weighted by molar-refractivity contribution is -0.148. The molecule has 0 bridgehead atoms. The zero-order chi connectivity index (χ0) is 47.9. The quantitative estimate of drug-likeness (QED) is 0.125. The molecule has 13 heteroatoms. The highest BCUT2D eigenvalue weighted by atomic mass is 16.6. The van der Waals surface area contributed by atoms with Crippen molar-refractivity contribution in [3.05, 3.63) is 77.9 Å². The topological polar surface area (TPSA) is 147 Å². The molecule has 1 fully saturated rings. The molecule has 356 valence electrons. The Kier molecular flexibility index (Phi) is 21.0. The average molecular weight is 890 g/mol. The van der Waals surface area contributed by atoms with Gasteiger partial charge >= 0.3 is 6.09 Å². The van der Waals surface area contributed by atoms with Crippen LogP contribution in [0.3, 0.4) is 0 Å². The Hall–Kier alpha value is -4.75. The fraction of sp³-hybridized carbons (Fsp3) is 0.627. The number of nitrogens with zero attached hydrogens (tertiary/aromatic N) is 3. The van der Waals surface area contributed by atoms with Crippen LogP contribution in [-0.2, 0) is 39.8 Å². The Balaban J connectivity index is 1.81. The average Bonchev–Trinajstić information content (AvgIpc) is 3.73. The van der Waals surface area contributed by atoms with Crippen molar-refractivity contribution in [2.24, 2.45) is 23.7 Å². The predicted molar refractivity (Wildman–Crippen MR) is 253 cm³/mol. The fourth-order valence-corrected chi connectivity index (χ4v) is 8.79. The maximum absolute atomic E-state index is 14.5. The molecule has 3 rings (SSSR count). The first-order valence-corrected chi connectivity index (χ1v) is 23.1. The summed E-state index contributed by atoms with van der Waals surface area (Å²) in [6, 6.07) is 17.0. The van der Waals surface area contributed by atoms with Crippen molar-refractivity contribution in [3.8, 4) is 0 Å². The molecule has 1 heterocycles. The third-order valence-electron chi connectivity index (χ3n) is 12.4. The molecular formula is C51H79N5O8. The summed E-state index contributed by atoms with van der Waals surface area (Å²) in [6.07, 6.45) is 4.87. The number of likely N-dealkylation sites (tertiary alicyclic amines) is 1. The van der Waals surface area contributed by atoms with Gasteiger partial charge in [0.2, 0.25) is 23.6 Å². The van der Waals surface area contributed by atoms with Gasteiger partial charge in [-0.15, -0.1) is 0 Å². The molecule has 0 aromatic heterocycles. The van der Waals surface area contributed by atoms with Crippen LogP contribution in [0.2, 0.25) is 0 Å². The molecule has 1 aliphatic rings. The molecule has 0 spiro atoms. The number of carbonyl (C=O) groups excluding carboxylic acids is 5. The third-order valence-corrected chi connectivity index (χ3v) is 12.4. The van der Waals surface area contributed by atoms with Gasteiger partial charge in [0.15, 0.2) is 0 Å². The fourth-order valence-electron chi connectivity index (χ4n) is 8.79. The molecule has 2 aromatic rings. The second-order valence-corrected chi connectivity index (χ2v) is 19.2. The lowest BCUT2D eigenvalue weighted by Gasteiger charge is -2.41. The van der Waals surface area contributed by atoms with E-state index < -0.39 is 53.9 Å². The standard InChI is InChI=1S/C51H79N5O8/c1-15-35(6)45(54(11)49(60)43(33(2)3)53-48(59)44(34(4)5)55(12)50(61)64-51(8,9)10)41(62-13)32-42(57)56-30-22-27-40(56)46(63-14)36(7)47(58)52-39(31-38-25-20-17-21-26-38)29-28-37-23-18-16-19-24-37/h16-21,23-26,28-29,33-36,39-41,43-46H,15,22,27,30-32H2,1-14H3,(H,52,58)(H,53,59)/t35-,36+,39+,40-,41+,43-,44-,45-,46+/m0/s1. The van der Waals surface area contributed by atoms with Crippen molar-refractivity contribution in [2.45, 2.75) is 149 Å². The number of methoxy groups -OCH3 is 2. The zero-order valence-electron chi connectivity index (χ0n) is 41.1. The summed E-state index contributed by atoms with van der Waals surface area (Å²) >= 11 is 0. The Morgan fingerprint density at radius 3 is 1.97 bits per heavy atom. The number of nitrogens with one attached hydrogen (secondary N) is 2. The maximum Gasteiger partial charge on any atom is 0.410 e. The maximum atomic E-state index is 14.5. The molecule has 2 aromatic carbocycles. The SMILES string of the molecule is CC[C@H](C)[C@@H]([C@@H](CC(=O)N1CCC[C@H]1[C@H](OC)[C@@H](C)C(=O)N[C@H](C=Cc1ccccc1)Cc1ccccc1)OC)N(C)C(=O)[C@@H](NC(=O)[C@H](C(C)C)N(C)C(=O)OC(C)(C)C)C(C)C. The van der Waals surface area contributed by atoms with Gasteiger partial charge in [0.05, 0.1) is 42.7 Å². The molecule has 64 heavy (non-hydrogen) atoms. The van der Waals surface area contributed by atoms with Crippen LogP contribution in [-0.4, -0.2) is 127 Å². The molecule has 0 aliphatic carbocycles. The van der Waals surface area contributed by atoms with E-state index in [4.69, 9.17) is 14.2 Å². The molecule has 1 aliphatic heterocycles. The van der Waals surface area contributed by atoms with Crippen molar-refractivity contribution in [1.82, 2.24) is 25.3 Å². The van der Waals surface area contributed by atoms with Gasteiger partial charge in [0, 0.05) is 34.9 Å². The van der Waals surface area contributed by atoms with E-state index in [2.05, 4.69) is 10.6 Å². The van der Waals surface area contributed by atoms with Gasteiger partial charge in [-0.3, -0.25) is 24.1 Å². The Labute approximate surface area is 384 Å². The third kappa shape index (κ3) is 15.2. The minimum Gasteiger partial charge on any atom is -0.444 e. The van der Waals surface area contributed by atoms with Gasteiger partial charge < -0.3 is 34.6 Å². The second-order valence-electron chi connectivity index (χ2n) is 19.2. The van der Waals surface area contributed by atoms with E-state index in [-0.39, 0.29) is 54.0 Å². The van der Waals surface area contributed by atoms with Crippen molar-refractivity contribution in [3.63, 3.8) is 0 Å². The van der Waals surface area contributed by atoms with Gasteiger partial charge in [0.1, 0.15) is 17.7 Å². The largest absolute Gasteiger partial charge is 0.444 e. The van der Waals surface area contributed by atoms with Crippen LogP contribution in [0.15, 0.2) is 66.7 Å². The van der Waals surface area contributed by atoms with E-state index in [1.165, 1.54) is 11.9 Å². The summed E-state index contributed by atoms with van der Waals surface area (Å²) < 4.78 is 17.7. The van der Waals surface area contributed by atoms with Crippen LogP contribution in [0.5, 0.6) is 0 Å². The van der Waals surface area contributed by atoms with E-state index in [9.17, 15) is 24.0 Å². The summed E-state index contributed by atoms with van der Waals surface area (Å²) in [5.74, 6) is -2.35. The zero-order valence-corrected chi connectivity index (χ0v) is 41.1.